The number of aliphatic hydroxyl groups is 1. The number of nitrogens with one attached hydrogen (secondary N) is 1. The maximum absolute atomic E-state index is 8.71. The molecule has 1 heterocycles. The summed E-state index contributed by atoms with van der Waals surface area (Å²) in [6.45, 7) is 2.40. The van der Waals surface area contributed by atoms with Crippen LogP contribution in [-0.2, 0) is 13.1 Å². The minimum absolute atomic E-state index is 0.321. The number of aliphatic hydroxyl groups excluding tert-OH is 1. The first-order valence-electron chi connectivity index (χ1n) is 6.38. The predicted octanol–water partition coefficient (Wildman–Crippen LogP) is 1.90. The molecular weight excluding hydrogens is 200 g/mol. The molecule has 1 aromatic heterocycles. The predicted molar refractivity (Wildman–Crippen MR) is 65.2 cm³/mol. The van der Waals surface area contributed by atoms with E-state index in [9.17, 15) is 0 Å². The molecule has 0 unspecified atom stereocenters. The van der Waals surface area contributed by atoms with Gasteiger partial charge in [-0.25, -0.2) is 0 Å². The molecule has 3 heteroatoms. The monoisotopic (exact) mass is 222 g/mol. The van der Waals surface area contributed by atoms with E-state index < -0.39 is 0 Å². The molecule has 0 saturated heterocycles. The highest BCUT2D eigenvalue weighted by molar-refractivity contribution is 5.07. The molecule has 0 aromatic carbocycles. The van der Waals surface area contributed by atoms with Crippen LogP contribution in [0.5, 0.6) is 0 Å². The first-order chi connectivity index (χ1) is 7.90. The van der Waals surface area contributed by atoms with E-state index in [1.165, 1.54) is 18.5 Å². The van der Waals surface area contributed by atoms with E-state index in [1.54, 1.807) is 0 Å². The van der Waals surface area contributed by atoms with Crippen molar-refractivity contribution in [2.75, 3.05) is 6.61 Å². The molecular formula is C13H22N2O. The molecule has 2 N–H and O–H groups in total. The van der Waals surface area contributed by atoms with Gasteiger partial charge in [-0.15, -0.1) is 0 Å². The number of aryl methyl sites for hydroxylation is 1. The van der Waals surface area contributed by atoms with Gasteiger partial charge in [-0.2, -0.15) is 0 Å². The normalized spacial score (nSPS) is 15.6. The highest BCUT2D eigenvalue weighted by atomic mass is 16.2. The number of hydrogen-bond acceptors (Lipinski definition) is 2. The molecule has 0 atom stereocenters. The summed E-state index contributed by atoms with van der Waals surface area (Å²) in [6, 6.07) is 5.09. The van der Waals surface area contributed by atoms with Gasteiger partial charge in [0, 0.05) is 37.6 Å². The maximum Gasteiger partial charge on any atom is 0.0431 e. The molecule has 1 aliphatic carbocycles. The standard InChI is InChI=1S/C13H22N2O/c16-10-3-1-2-8-15-9-4-5-13(15)11-14-12-6-7-12/h4-5,9,12,14,16H,1-3,6-8,10-11H2. The van der Waals surface area contributed by atoms with Crippen molar-refractivity contribution in [2.45, 2.75) is 51.2 Å². The Morgan fingerprint density at radius 3 is 2.94 bits per heavy atom. The summed E-state index contributed by atoms with van der Waals surface area (Å²) in [5, 5.41) is 12.3. The van der Waals surface area contributed by atoms with Crippen molar-refractivity contribution in [1.82, 2.24) is 9.88 Å². The van der Waals surface area contributed by atoms with Crippen LogP contribution in [0.1, 0.15) is 37.8 Å². The highest BCUT2D eigenvalue weighted by Crippen LogP contribution is 2.19. The van der Waals surface area contributed by atoms with Gasteiger partial charge in [0.05, 0.1) is 0 Å². The summed E-state index contributed by atoms with van der Waals surface area (Å²) in [5.41, 5.74) is 1.39. The molecule has 1 saturated carbocycles. The molecule has 0 amide bonds. The Balaban J connectivity index is 1.71. The summed E-state index contributed by atoms with van der Waals surface area (Å²) in [5.74, 6) is 0. The van der Waals surface area contributed by atoms with Crippen molar-refractivity contribution in [3.63, 3.8) is 0 Å². The van der Waals surface area contributed by atoms with Gasteiger partial charge in [-0.3, -0.25) is 0 Å². The number of nitrogens with zero attached hydrogens (tertiary/aromatic N) is 1. The fraction of sp³-hybridized carbons (Fsp3) is 0.692. The largest absolute Gasteiger partial charge is 0.396 e. The zero-order valence-electron chi connectivity index (χ0n) is 9.86. The minimum Gasteiger partial charge on any atom is -0.396 e. The number of hydrogen-bond donors (Lipinski definition) is 2. The lowest BCUT2D eigenvalue weighted by molar-refractivity contribution is 0.281. The lowest BCUT2D eigenvalue weighted by Crippen LogP contribution is -2.18. The molecule has 1 fully saturated rings. The van der Waals surface area contributed by atoms with E-state index in [1.807, 2.05) is 0 Å². The average molecular weight is 222 g/mol. The summed E-state index contributed by atoms with van der Waals surface area (Å²) in [7, 11) is 0. The quantitative estimate of drug-likeness (QED) is 0.659. The molecule has 2 rings (SSSR count). The number of rotatable bonds is 8. The Morgan fingerprint density at radius 2 is 2.19 bits per heavy atom. The van der Waals surface area contributed by atoms with Gasteiger partial charge < -0.3 is 15.0 Å². The molecule has 0 spiro atoms. The molecule has 3 nitrogen and oxygen atoms in total. The lowest BCUT2D eigenvalue weighted by Gasteiger charge is -2.09. The third-order valence-corrected chi connectivity index (χ3v) is 3.13. The van der Waals surface area contributed by atoms with Crippen LogP contribution in [0.2, 0.25) is 0 Å². The molecule has 0 aliphatic heterocycles. The Morgan fingerprint density at radius 1 is 1.31 bits per heavy atom. The first kappa shape index (κ1) is 11.7. The van der Waals surface area contributed by atoms with E-state index in [2.05, 4.69) is 28.2 Å². The Labute approximate surface area is 97.5 Å². The fourth-order valence-corrected chi connectivity index (χ4v) is 1.94. The minimum atomic E-state index is 0.321. The van der Waals surface area contributed by atoms with Crippen molar-refractivity contribution < 1.29 is 5.11 Å². The van der Waals surface area contributed by atoms with Crippen molar-refractivity contribution in [2.24, 2.45) is 0 Å². The zero-order valence-corrected chi connectivity index (χ0v) is 9.86. The van der Waals surface area contributed by atoms with E-state index in [4.69, 9.17) is 5.11 Å². The average Bonchev–Trinajstić information content (AvgIpc) is 3.02. The van der Waals surface area contributed by atoms with Gasteiger partial charge in [0.2, 0.25) is 0 Å². The van der Waals surface area contributed by atoms with Crippen LogP contribution in [0.4, 0.5) is 0 Å². The van der Waals surface area contributed by atoms with Gasteiger partial charge in [0.15, 0.2) is 0 Å². The SMILES string of the molecule is OCCCCCn1cccc1CNC1CC1. The van der Waals surface area contributed by atoms with Crippen LogP contribution in [0, 0.1) is 0 Å². The maximum atomic E-state index is 8.71. The molecule has 0 bridgehead atoms. The Bertz CT molecular complexity index is 305. The number of aromatic nitrogens is 1. The highest BCUT2D eigenvalue weighted by Gasteiger charge is 2.20. The van der Waals surface area contributed by atoms with Crippen molar-refractivity contribution in [3.05, 3.63) is 24.0 Å². The fourth-order valence-electron chi connectivity index (χ4n) is 1.94. The van der Waals surface area contributed by atoms with Crippen LogP contribution >= 0.6 is 0 Å². The second-order valence-electron chi connectivity index (χ2n) is 4.63. The van der Waals surface area contributed by atoms with Gasteiger partial charge in [0.1, 0.15) is 0 Å². The van der Waals surface area contributed by atoms with Gasteiger partial charge in [-0.05, 0) is 44.2 Å². The summed E-state index contributed by atoms with van der Waals surface area (Å²) < 4.78 is 2.33. The van der Waals surface area contributed by atoms with Crippen LogP contribution < -0.4 is 5.32 Å². The van der Waals surface area contributed by atoms with E-state index in [0.717, 1.165) is 38.4 Å². The molecule has 90 valence electrons. The van der Waals surface area contributed by atoms with Crippen molar-refractivity contribution in [3.8, 4) is 0 Å². The summed E-state index contributed by atoms with van der Waals surface area (Å²) in [6.07, 6.45) is 8.05. The lowest BCUT2D eigenvalue weighted by atomic mass is 10.2. The van der Waals surface area contributed by atoms with Gasteiger partial charge >= 0.3 is 0 Å². The summed E-state index contributed by atoms with van der Waals surface area (Å²) >= 11 is 0. The van der Waals surface area contributed by atoms with Crippen LogP contribution in [0.15, 0.2) is 18.3 Å². The third-order valence-electron chi connectivity index (χ3n) is 3.13. The first-order valence-corrected chi connectivity index (χ1v) is 6.38. The molecule has 0 radical (unpaired) electrons. The number of unbranched alkanes of at least 4 members (excludes halogenated alkanes) is 2. The zero-order chi connectivity index (χ0) is 11.2. The smallest absolute Gasteiger partial charge is 0.0431 e. The second-order valence-corrected chi connectivity index (χ2v) is 4.63. The van der Waals surface area contributed by atoms with Crippen molar-refractivity contribution in [1.29, 1.82) is 0 Å². The summed E-state index contributed by atoms with van der Waals surface area (Å²) in [4.78, 5) is 0. The molecule has 16 heavy (non-hydrogen) atoms. The van der Waals surface area contributed by atoms with E-state index in [0.29, 0.717) is 6.61 Å². The van der Waals surface area contributed by atoms with Crippen molar-refractivity contribution >= 4 is 0 Å². The Kier molecular flexibility index (Phi) is 4.43. The Hall–Kier alpha value is -0.800. The molecule has 1 aliphatic rings. The van der Waals surface area contributed by atoms with Gasteiger partial charge in [-0.1, -0.05) is 0 Å². The van der Waals surface area contributed by atoms with E-state index in [-0.39, 0.29) is 0 Å². The molecule has 1 aromatic rings. The van der Waals surface area contributed by atoms with Crippen LogP contribution in [0.25, 0.3) is 0 Å². The topological polar surface area (TPSA) is 37.2 Å². The van der Waals surface area contributed by atoms with Crippen LogP contribution in [-0.4, -0.2) is 22.3 Å². The third kappa shape index (κ3) is 3.65. The van der Waals surface area contributed by atoms with Crippen LogP contribution in [0.3, 0.4) is 0 Å². The second kappa shape index (κ2) is 6.06. The van der Waals surface area contributed by atoms with E-state index >= 15 is 0 Å². The van der Waals surface area contributed by atoms with Gasteiger partial charge in [0.25, 0.3) is 0 Å².